The molecule has 0 bridgehead atoms. The van der Waals surface area contributed by atoms with E-state index >= 15 is 0 Å². The van der Waals surface area contributed by atoms with Crippen molar-refractivity contribution in [3.63, 3.8) is 0 Å². The zero-order chi connectivity index (χ0) is 16.1. The number of carbonyl (C=O) groups is 1. The molecule has 1 N–H and O–H groups in total. The second-order valence-corrected chi connectivity index (χ2v) is 5.94. The number of benzene rings is 1. The summed E-state index contributed by atoms with van der Waals surface area (Å²) >= 11 is 0. The summed E-state index contributed by atoms with van der Waals surface area (Å²) in [5.74, 6) is 0.442. The molecular weight excluding hydrogens is 288 g/mol. The summed E-state index contributed by atoms with van der Waals surface area (Å²) in [6.45, 7) is 2.43. The summed E-state index contributed by atoms with van der Waals surface area (Å²) in [6, 6.07) is 9.66. The predicted octanol–water partition coefficient (Wildman–Crippen LogP) is 4.27. The molecule has 1 amide bonds. The molecule has 4 heteroatoms. The van der Waals surface area contributed by atoms with Crippen molar-refractivity contribution < 1.29 is 9.32 Å². The maximum atomic E-state index is 12.5. The summed E-state index contributed by atoms with van der Waals surface area (Å²) in [4.78, 5) is 12.5. The van der Waals surface area contributed by atoms with Gasteiger partial charge < -0.3 is 9.84 Å². The van der Waals surface area contributed by atoms with E-state index < -0.39 is 0 Å². The van der Waals surface area contributed by atoms with E-state index in [4.69, 9.17) is 4.52 Å². The highest BCUT2D eigenvalue weighted by atomic mass is 16.5. The second kappa shape index (κ2) is 7.27. The van der Waals surface area contributed by atoms with E-state index in [1.165, 1.54) is 24.8 Å². The largest absolute Gasteiger partial charge is 0.360 e. The van der Waals surface area contributed by atoms with Gasteiger partial charge in [-0.2, -0.15) is 0 Å². The van der Waals surface area contributed by atoms with Gasteiger partial charge in [-0.25, -0.2) is 0 Å². The van der Waals surface area contributed by atoms with E-state index in [9.17, 15) is 4.79 Å². The smallest absolute Gasteiger partial charge is 0.257 e. The summed E-state index contributed by atoms with van der Waals surface area (Å²) < 4.78 is 5.25. The Labute approximate surface area is 136 Å². The monoisotopic (exact) mass is 310 g/mol. The SMILES string of the molecule is Cc1onc(-c2ccccc2)c1C(=O)NCCC1=CCCCC1. The molecular formula is C19H22N2O2. The third-order valence-corrected chi connectivity index (χ3v) is 4.25. The number of hydrogen-bond acceptors (Lipinski definition) is 3. The summed E-state index contributed by atoms with van der Waals surface area (Å²) in [6.07, 6.45) is 8.13. The lowest BCUT2D eigenvalue weighted by atomic mass is 9.97. The first-order valence-corrected chi connectivity index (χ1v) is 8.23. The molecule has 0 radical (unpaired) electrons. The molecule has 1 aromatic carbocycles. The Hall–Kier alpha value is -2.36. The third-order valence-electron chi connectivity index (χ3n) is 4.25. The first-order chi connectivity index (χ1) is 11.3. The molecule has 0 aliphatic heterocycles. The predicted molar refractivity (Wildman–Crippen MR) is 90.2 cm³/mol. The van der Waals surface area contributed by atoms with Crippen molar-refractivity contribution in [3.05, 3.63) is 53.3 Å². The Kier molecular flexibility index (Phi) is 4.91. The van der Waals surface area contributed by atoms with Crippen molar-refractivity contribution in [3.8, 4) is 11.3 Å². The number of nitrogens with one attached hydrogen (secondary N) is 1. The van der Waals surface area contributed by atoms with Gasteiger partial charge >= 0.3 is 0 Å². The average molecular weight is 310 g/mol. The van der Waals surface area contributed by atoms with Gasteiger partial charge in [-0.1, -0.05) is 47.1 Å². The van der Waals surface area contributed by atoms with E-state index in [1.807, 2.05) is 30.3 Å². The van der Waals surface area contributed by atoms with Crippen LogP contribution in [0.3, 0.4) is 0 Å². The molecule has 0 spiro atoms. The molecule has 0 atom stereocenters. The van der Waals surface area contributed by atoms with Crippen LogP contribution >= 0.6 is 0 Å². The lowest BCUT2D eigenvalue weighted by molar-refractivity contribution is 0.0953. The van der Waals surface area contributed by atoms with E-state index in [0.29, 0.717) is 23.6 Å². The molecule has 2 aromatic rings. The Morgan fingerprint density at radius 2 is 2.09 bits per heavy atom. The molecule has 1 aromatic heterocycles. The van der Waals surface area contributed by atoms with E-state index in [-0.39, 0.29) is 5.91 Å². The van der Waals surface area contributed by atoms with Gasteiger partial charge in [-0.05, 0) is 39.0 Å². The van der Waals surface area contributed by atoms with Gasteiger partial charge in [0.1, 0.15) is 17.0 Å². The molecule has 0 fully saturated rings. The topological polar surface area (TPSA) is 55.1 Å². The van der Waals surface area contributed by atoms with Gasteiger partial charge in [0, 0.05) is 12.1 Å². The molecule has 1 aliphatic carbocycles. The number of aromatic nitrogens is 1. The minimum atomic E-state index is -0.112. The van der Waals surface area contributed by atoms with Crippen LogP contribution in [-0.2, 0) is 0 Å². The van der Waals surface area contributed by atoms with Crippen molar-refractivity contribution in [1.82, 2.24) is 10.5 Å². The van der Waals surface area contributed by atoms with Crippen LogP contribution in [0, 0.1) is 6.92 Å². The van der Waals surface area contributed by atoms with E-state index in [1.54, 1.807) is 6.92 Å². The number of rotatable bonds is 5. The number of nitrogens with zero attached hydrogens (tertiary/aromatic N) is 1. The number of carbonyl (C=O) groups excluding carboxylic acids is 1. The highest BCUT2D eigenvalue weighted by Crippen LogP contribution is 2.25. The fourth-order valence-electron chi connectivity index (χ4n) is 2.99. The number of hydrogen-bond donors (Lipinski definition) is 1. The fraction of sp³-hybridized carbons (Fsp3) is 0.368. The first-order valence-electron chi connectivity index (χ1n) is 8.23. The molecule has 4 nitrogen and oxygen atoms in total. The highest BCUT2D eigenvalue weighted by molar-refractivity contribution is 6.00. The van der Waals surface area contributed by atoms with Gasteiger partial charge in [0.05, 0.1) is 0 Å². The van der Waals surface area contributed by atoms with Gasteiger partial charge in [-0.15, -0.1) is 0 Å². The Balaban J connectivity index is 1.68. The molecule has 1 heterocycles. The van der Waals surface area contributed by atoms with Crippen molar-refractivity contribution in [2.75, 3.05) is 6.54 Å². The number of aryl methyl sites for hydroxylation is 1. The molecule has 0 saturated heterocycles. The first kappa shape index (κ1) is 15.5. The van der Waals surface area contributed by atoms with E-state index in [2.05, 4.69) is 16.5 Å². The summed E-state index contributed by atoms with van der Waals surface area (Å²) in [7, 11) is 0. The van der Waals surface area contributed by atoms with Gasteiger partial charge in [-0.3, -0.25) is 4.79 Å². The highest BCUT2D eigenvalue weighted by Gasteiger charge is 2.21. The third kappa shape index (κ3) is 3.70. The van der Waals surface area contributed by atoms with Gasteiger partial charge in [0.15, 0.2) is 0 Å². The molecule has 0 saturated carbocycles. The molecule has 120 valence electrons. The van der Waals surface area contributed by atoms with Crippen molar-refractivity contribution in [2.24, 2.45) is 0 Å². The van der Waals surface area contributed by atoms with Crippen LogP contribution in [0.5, 0.6) is 0 Å². The van der Waals surface area contributed by atoms with Crippen LogP contribution in [0.4, 0.5) is 0 Å². The lowest BCUT2D eigenvalue weighted by Gasteiger charge is -2.13. The number of allylic oxidation sites excluding steroid dienone is 1. The quantitative estimate of drug-likeness (QED) is 0.839. The van der Waals surface area contributed by atoms with Crippen molar-refractivity contribution >= 4 is 5.91 Å². The zero-order valence-corrected chi connectivity index (χ0v) is 13.5. The Morgan fingerprint density at radius 3 is 2.83 bits per heavy atom. The van der Waals surface area contributed by atoms with Crippen molar-refractivity contribution in [2.45, 2.75) is 39.0 Å². The summed E-state index contributed by atoms with van der Waals surface area (Å²) in [5, 5.41) is 7.06. The Morgan fingerprint density at radius 1 is 1.26 bits per heavy atom. The Bertz CT molecular complexity index is 701. The maximum Gasteiger partial charge on any atom is 0.257 e. The maximum absolute atomic E-state index is 12.5. The van der Waals surface area contributed by atoms with Crippen LogP contribution in [-0.4, -0.2) is 17.6 Å². The van der Waals surface area contributed by atoms with Gasteiger partial charge in [0.25, 0.3) is 5.91 Å². The standard InChI is InChI=1S/C19H22N2O2/c1-14-17(18(21-23-14)16-10-6-3-7-11-16)19(22)20-13-12-15-8-4-2-5-9-15/h3,6-8,10-11H,2,4-5,9,12-13H2,1H3,(H,20,22). The van der Waals surface area contributed by atoms with E-state index in [0.717, 1.165) is 18.4 Å². The molecule has 0 unspecified atom stereocenters. The molecule has 3 rings (SSSR count). The molecule has 1 aliphatic rings. The van der Waals surface area contributed by atoms with Crippen LogP contribution < -0.4 is 5.32 Å². The zero-order valence-electron chi connectivity index (χ0n) is 13.5. The lowest BCUT2D eigenvalue weighted by Crippen LogP contribution is -2.25. The second-order valence-electron chi connectivity index (χ2n) is 5.94. The van der Waals surface area contributed by atoms with Crippen LogP contribution in [0.25, 0.3) is 11.3 Å². The fourth-order valence-corrected chi connectivity index (χ4v) is 2.99. The van der Waals surface area contributed by atoms with Crippen LogP contribution in [0.2, 0.25) is 0 Å². The summed E-state index contributed by atoms with van der Waals surface area (Å²) in [5.41, 5.74) is 3.50. The normalized spacial score (nSPS) is 14.4. The van der Waals surface area contributed by atoms with Crippen molar-refractivity contribution in [1.29, 1.82) is 0 Å². The molecule has 23 heavy (non-hydrogen) atoms. The number of amides is 1. The average Bonchev–Trinajstić information content (AvgIpc) is 2.98. The minimum absolute atomic E-state index is 0.112. The van der Waals surface area contributed by atoms with Gasteiger partial charge in [0.2, 0.25) is 0 Å². The van der Waals surface area contributed by atoms with Crippen LogP contribution in [0.1, 0.15) is 48.2 Å². The van der Waals surface area contributed by atoms with Crippen LogP contribution in [0.15, 0.2) is 46.5 Å². The minimum Gasteiger partial charge on any atom is -0.360 e.